The number of aliphatic hydroxyl groups is 1. The molecule has 0 bridgehead atoms. The first-order valence-electron chi connectivity index (χ1n) is 7.01. The van der Waals surface area contributed by atoms with Gasteiger partial charge in [-0.25, -0.2) is 4.98 Å². The third-order valence-corrected chi connectivity index (χ3v) is 3.54. The zero-order valence-corrected chi connectivity index (χ0v) is 12.6. The second-order valence-corrected chi connectivity index (χ2v) is 5.09. The van der Waals surface area contributed by atoms with Crippen molar-refractivity contribution in [3.63, 3.8) is 0 Å². The predicted octanol–water partition coefficient (Wildman–Crippen LogP) is 3.06. The molecule has 118 valence electrons. The van der Waals surface area contributed by atoms with Crippen molar-refractivity contribution in [2.24, 2.45) is 0 Å². The van der Waals surface area contributed by atoms with E-state index in [1.165, 1.54) is 19.2 Å². The van der Waals surface area contributed by atoms with Crippen LogP contribution in [0.1, 0.15) is 6.92 Å². The number of benzene rings is 2. The molecular weight excluding hydrogens is 298 g/mol. The minimum atomic E-state index is -0.880. The second kappa shape index (κ2) is 5.69. The number of nitro benzene ring substituents is 1. The maximum absolute atomic E-state index is 11.4. The van der Waals surface area contributed by atoms with E-state index in [0.717, 1.165) is 0 Å². The Morgan fingerprint density at radius 1 is 1.30 bits per heavy atom. The van der Waals surface area contributed by atoms with E-state index in [4.69, 9.17) is 4.74 Å². The Labute approximate surface area is 131 Å². The molecule has 3 rings (SSSR count). The van der Waals surface area contributed by atoms with Gasteiger partial charge >= 0.3 is 0 Å². The fraction of sp³-hybridized carbons (Fsp3) is 0.188. The summed E-state index contributed by atoms with van der Waals surface area (Å²) in [5, 5.41) is 25.1. The Hall–Kier alpha value is -2.93. The molecule has 0 spiro atoms. The van der Waals surface area contributed by atoms with Crippen LogP contribution in [-0.4, -0.2) is 28.4 Å². The van der Waals surface area contributed by atoms with Gasteiger partial charge in [0.2, 0.25) is 0 Å². The van der Waals surface area contributed by atoms with Gasteiger partial charge < -0.3 is 15.2 Å². The van der Waals surface area contributed by atoms with Gasteiger partial charge in [0.15, 0.2) is 0 Å². The van der Waals surface area contributed by atoms with Gasteiger partial charge in [-0.1, -0.05) is 18.2 Å². The number of hydrogen-bond acceptors (Lipinski definition) is 6. The quantitative estimate of drug-likeness (QED) is 0.332. The molecule has 1 unspecified atom stereocenters. The summed E-state index contributed by atoms with van der Waals surface area (Å²) < 4.78 is 5.30. The highest BCUT2D eigenvalue weighted by molar-refractivity contribution is 6.12. The van der Waals surface area contributed by atoms with E-state index in [1.54, 1.807) is 19.1 Å². The van der Waals surface area contributed by atoms with Gasteiger partial charge in [0.25, 0.3) is 5.69 Å². The molecule has 0 aliphatic rings. The zero-order chi connectivity index (χ0) is 16.6. The largest absolute Gasteiger partial charge is 0.494 e. The lowest BCUT2D eigenvalue weighted by molar-refractivity contribution is -0.383. The zero-order valence-electron chi connectivity index (χ0n) is 12.6. The fourth-order valence-electron chi connectivity index (χ4n) is 2.63. The van der Waals surface area contributed by atoms with Gasteiger partial charge in [0, 0.05) is 11.5 Å². The van der Waals surface area contributed by atoms with Crippen molar-refractivity contribution >= 4 is 33.2 Å². The molecule has 0 aliphatic heterocycles. The van der Waals surface area contributed by atoms with Crippen LogP contribution in [0.4, 0.5) is 11.4 Å². The first-order chi connectivity index (χ1) is 11.0. The molecule has 0 radical (unpaired) electrons. The van der Waals surface area contributed by atoms with Crippen molar-refractivity contribution in [1.82, 2.24) is 4.98 Å². The topological polar surface area (TPSA) is 97.5 Å². The maximum atomic E-state index is 11.4. The van der Waals surface area contributed by atoms with Crippen LogP contribution in [0, 0.1) is 10.1 Å². The van der Waals surface area contributed by atoms with E-state index < -0.39 is 11.2 Å². The SMILES string of the molecule is COc1ccc([N+](=O)[O-])c2c(NC(C)O)c3ccccc3nc12. The number of anilines is 1. The van der Waals surface area contributed by atoms with Crippen LogP contribution in [0.3, 0.4) is 0 Å². The van der Waals surface area contributed by atoms with E-state index in [1.807, 2.05) is 12.1 Å². The highest BCUT2D eigenvalue weighted by Crippen LogP contribution is 2.40. The van der Waals surface area contributed by atoms with Gasteiger partial charge in [0.1, 0.15) is 22.9 Å². The number of hydrogen-bond donors (Lipinski definition) is 2. The van der Waals surface area contributed by atoms with Gasteiger partial charge in [0.05, 0.1) is 23.2 Å². The third kappa shape index (κ3) is 2.51. The molecule has 7 heteroatoms. The molecule has 2 N–H and O–H groups in total. The van der Waals surface area contributed by atoms with Gasteiger partial charge in [-0.2, -0.15) is 0 Å². The number of nitrogens with zero attached hydrogens (tertiary/aromatic N) is 2. The summed E-state index contributed by atoms with van der Waals surface area (Å²) in [7, 11) is 1.49. The lowest BCUT2D eigenvalue weighted by Gasteiger charge is -2.16. The number of fused-ring (bicyclic) bond motifs is 2. The molecule has 0 saturated heterocycles. The Balaban J connectivity index is 2.54. The third-order valence-electron chi connectivity index (χ3n) is 3.54. The first-order valence-corrected chi connectivity index (χ1v) is 7.01. The van der Waals surface area contributed by atoms with Crippen LogP contribution >= 0.6 is 0 Å². The molecule has 7 nitrogen and oxygen atoms in total. The summed E-state index contributed by atoms with van der Waals surface area (Å²) in [5.41, 5.74) is 1.40. The number of rotatable bonds is 4. The number of pyridine rings is 1. The number of para-hydroxylation sites is 1. The molecule has 1 heterocycles. The monoisotopic (exact) mass is 313 g/mol. The highest BCUT2D eigenvalue weighted by Gasteiger charge is 2.22. The van der Waals surface area contributed by atoms with Crippen molar-refractivity contribution in [3.8, 4) is 5.75 Å². The summed E-state index contributed by atoms with van der Waals surface area (Å²) in [5.74, 6) is 0.435. The number of methoxy groups -OCH3 is 1. The van der Waals surface area contributed by atoms with Crippen LogP contribution < -0.4 is 10.1 Å². The molecular formula is C16H15N3O4. The molecule has 3 aromatic rings. The van der Waals surface area contributed by atoms with E-state index >= 15 is 0 Å². The molecule has 0 aliphatic carbocycles. The lowest BCUT2D eigenvalue weighted by atomic mass is 10.1. The van der Waals surface area contributed by atoms with Gasteiger partial charge in [-0.05, 0) is 19.1 Å². The maximum Gasteiger partial charge on any atom is 0.281 e. The van der Waals surface area contributed by atoms with Crippen LogP contribution in [0.5, 0.6) is 5.75 Å². The number of aliphatic hydroxyl groups excluding tert-OH is 1. The summed E-state index contributed by atoms with van der Waals surface area (Å²) in [6, 6.07) is 10.2. The summed E-state index contributed by atoms with van der Waals surface area (Å²) in [6.45, 7) is 1.55. The Morgan fingerprint density at radius 2 is 2.04 bits per heavy atom. The Morgan fingerprint density at radius 3 is 2.70 bits per heavy atom. The minimum absolute atomic E-state index is 0.0952. The average Bonchev–Trinajstić information content (AvgIpc) is 2.53. The minimum Gasteiger partial charge on any atom is -0.494 e. The van der Waals surface area contributed by atoms with E-state index in [-0.39, 0.29) is 5.69 Å². The molecule has 1 aromatic heterocycles. The molecule has 0 amide bonds. The Bertz CT molecular complexity index is 909. The number of ether oxygens (including phenoxy) is 1. The molecule has 1 atom stereocenters. The number of nitrogens with one attached hydrogen (secondary N) is 1. The smallest absolute Gasteiger partial charge is 0.281 e. The van der Waals surface area contributed by atoms with E-state index in [9.17, 15) is 15.2 Å². The van der Waals surface area contributed by atoms with Crippen molar-refractivity contribution in [3.05, 3.63) is 46.5 Å². The standard InChI is InChI=1S/C16H15N3O4/c1-9(20)17-15-10-5-3-4-6-11(10)18-16-13(23-2)8-7-12(14(15)16)19(21)22/h3-9,20H,1-2H3,(H,17,18). The van der Waals surface area contributed by atoms with Crippen molar-refractivity contribution < 1.29 is 14.8 Å². The van der Waals surface area contributed by atoms with Crippen molar-refractivity contribution in [2.75, 3.05) is 12.4 Å². The summed E-state index contributed by atoms with van der Waals surface area (Å²) in [6.07, 6.45) is -0.880. The van der Waals surface area contributed by atoms with Crippen LogP contribution in [0.2, 0.25) is 0 Å². The first kappa shape index (κ1) is 15.0. The summed E-state index contributed by atoms with van der Waals surface area (Å²) in [4.78, 5) is 15.5. The van der Waals surface area contributed by atoms with Crippen LogP contribution in [0.15, 0.2) is 36.4 Å². The molecule has 0 saturated carbocycles. The fourth-order valence-corrected chi connectivity index (χ4v) is 2.63. The number of nitro groups is 1. The molecule has 0 fully saturated rings. The second-order valence-electron chi connectivity index (χ2n) is 5.09. The van der Waals surface area contributed by atoms with E-state index in [0.29, 0.717) is 33.2 Å². The van der Waals surface area contributed by atoms with Gasteiger partial charge in [-0.15, -0.1) is 0 Å². The molecule has 23 heavy (non-hydrogen) atoms. The number of aromatic nitrogens is 1. The van der Waals surface area contributed by atoms with Crippen LogP contribution in [0.25, 0.3) is 21.8 Å². The van der Waals surface area contributed by atoms with Crippen LogP contribution in [-0.2, 0) is 0 Å². The molecule has 2 aromatic carbocycles. The van der Waals surface area contributed by atoms with Crippen molar-refractivity contribution in [2.45, 2.75) is 13.2 Å². The van der Waals surface area contributed by atoms with E-state index in [2.05, 4.69) is 10.3 Å². The predicted molar refractivity (Wildman–Crippen MR) is 87.8 cm³/mol. The van der Waals surface area contributed by atoms with Gasteiger partial charge in [-0.3, -0.25) is 10.1 Å². The Kier molecular flexibility index (Phi) is 3.71. The normalized spacial score (nSPS) is 12.3. The van der Waals surface area contributed by atoms with Crippen molar-refractivity contribution in [1.29, 1.82) is 0 Å². The highest BCUT2D eigenvalue weighted by atomic mass is 16.6. The average molecular weight is 313 g/mol. The lowest BCUT2D eigenvalue weighted by Crippen LogP contribution is -2.14. The number of non-ortho nitro benzene ring substituents is 1. The summed E-state index contributed by atoms with van der Waals surface area (Å²) >= 11 is 0.